The average Bonchev–Trinajstić information content (AvgIpc) is 2.43. The highest BCUT2D eigenvalue weighted by molar-refractivity contribution is 5.86. The fraction of sp³-hybridized carbons (Fsp3) is 0.118. The molecule has 0 amide bonds. The highest BCUT2D eigenvalue weighted by Gasteiger charge is 2.10. The number of rotatable bonds is 1. The van der Waals surface area contributed by atoms with Gasteiger partial charge in [-0.2, -0.15) is 0 Å². The largest absolute Gasteiger partial charge is 0.247 e. The van der Waals surface area contributed by atoms with E-state index in [1.165, 1.54) is 17.7 Å². The molecular formula is C17H14FN. The third-order valence-electron chi connectivity index (χ3n) is 3.56. The fourth-order valence-corrected chi connectivity index (χ4v) is 2.39. The van der Waals surface area contributed by atoms with Gasteiger partial charge in [-0.15, -0.1) is 0 Å². The zero-order chi connectivity index (χ0) is 13.4. The number of halogens is 1. The first kappa shape index (κ1) is 11.8. The van der Waals surface area contributed by atoms with E-state index >= 15 is 0 Å². The Bertz CT molecular complexity index is 762. The van der Waals surface area contributed by atoms with Gasteiger partial charge >= 0.3 is 0 Å². The van der Waals surface area contributed by atoms with Crippen molar-refractivity contribution in [1.29, 1.82) is 0 Å². The number of para-hydroxylation sites is 1. The van der Waals surface area contributed by atoms with Crippen molar-refractivity contribution in [2.45, 2.75) is 13.8 Å². The lowest BCUT2D eigenvalue weighted by atomic mass is 9.99. The van der Waals surface area contributed by atoms with Gasteiger partial charge in [-0.25, -0.2) is 9.37 Å². The maximum absolute atomic E-state index is 13.4. The van der Waals surface area contributed by atoms with Crippen LogP contribution in [0.15, 0.2) is 48.5 Å². The lowest BCUT2D eigenvalue weighted by molar-refractivity contribution is 0.628. The van der Waals surface area contributed by atoms with Gasteiger partial charge in [-0.1, -0.05) is 30.3 Å². The van der Waals surface area contributed by atoms with Gasteiger partial charge in [0.2, 0.25) is 0 Å². The van der Waals surface area contributed by atoms with Crippen LogP contribution in [0.3, 0.4) is 0 Å². The van der Waals surface area contributed by atoms with Crippen molar-refractivity contribution in [3.05, 3.63) is 65.5 Å². The Labute approximate surface area is 111 Å². The molecular weight excluding hydrogens is 237 g/mol. The highest BCUT2D eigenvalue weighted by Crippen LogP contribution is 2.29. The van der Waals surface area contributed by atoms with Gasteiger partial charge in [0.05, 0.1) is 11.2 Å². The van der Waals surface area contributed by atoms with Gasteiger partial charge in [0.1, 0.15) is 5.82 Å². The lowest BCUT2D eigenvalue weighted by Gasteiger charge is -2.11. The van der Waals surface area contributed by atoms with Crippen LogP contribution < -0.4 is 0 Å². The van der Waals surface area contributed by atoms with Crippen LogP contribution in [0.4, 0.5) is 4.39 Å². The zero-order valence-electron chi connectivity index (χ0n) is 10.9. The van der Waals surface area contributed by atoms with Crippen molar-refractivity contribution in [2.24, 2.45) is 0 Å². The van der Waals surface area contributed by atoms with E-state index in [9.17, 15) is 4.39 Å². The second kappa shape index (κ2) is 4.47. The van der Waals surface area contributed by atoms with Crippen molar-refractivity contribution in [3.63, 3.8) is 0 Å². The minimum absolute atomic E-state index is 0.232. The van der Waals surface area contributed by atoms with Crippen LogP contribution in [-0.2, 0) is 0 Å². The molecule has 2 heteroatoms. The number of benzene rings is 2. The Balaban J connectivity index is 2.33. The molecule has 3 aromatic rings. The SMILES string of the molecule is Cc1c(-c2cccc(F)c2)nc2ccccc2c1C. The number of pyridine rings is 1. The molecule has 0 unspecified atom stereocenters. The molecule has 0 atom stereocenters. The molecule has 1 aromatic heterocycles. The Kier molecular flexibility index (Phi) is 2.79. The van der Waals surface area contributed by atoms with Gasteiger partial charge in [0, 0.05) is 10.9 Å². The molecule has 0 aliphatic rings. The summed E-state index contributed by atoms with van der Waals surface area (Å²) in [5.41, 5.74) is 4.93. The van der Waals surface area contributed by atoms with Crippen LogP contribution in [0.5, 0.6) is 0 Å². The smallest absolute Gasteiger partial charge is 0.123 e. The number of nitrogens with zero attached hydrogens (tertiary/aromatic N) is 1. The number of fused-ring (bicyclic) bond motifs is 1. The highest BCUT2D eigenvalue weighted by atomic mass is 19.1. The molecule has 1 heterocycles. The van der Waals surface area contributed by atoms with E-state index in [1.54, 1.807) is 6.07 Å². The van der Waals surface area contributed by atoms with E-state index in [2.05, 4.69) is 18.0 Å². The van der Waals surface area contributed by atoms with Crippen molar-refractivity contribution in [1.82, 2.24) is 4.98 Å². The molecule has 0 saturated heterocycles. The second-order valence-corrected chi connectivity index (χ2v) is 4.74. The molecule has 0 bridgehead atoms. The third kappa shape index (κ3) is 1.99. The molecule has 0 saturated carbocycles. The predicted octanol–water partition coefficient (Wildman–Crippen LogP) is 4.66. The quantitative estimate of drug-likeness (QED) is 0.613. The summed E-state index contributed by atoms with van der Waals surface area (Å²) >= 11 is 0. The lowest BCUT2D eigenvalue weighted by Crippen LogP contribution is -1.94. The van der Waals surface area contributed by atoms with Gasteiger partial charge < -0.3 is 0 Å². The van der Waals surface area contributed by atoms with Crippen molar-refractivity contribution in [3.8, 4) is 11.3 Å². The molecule has 0 radical (unpaired) electrons. The average molecular weight is 251 g/mol. The Hall–Kier alpha value is -2.22. The molecule has 19 heavy (non-hydrogen) atoms. The van der Waals surface area contributed by atoms with Gasteiger partial charge in [0.15, 0.2) is 0 Å². The van der Waals surface area contributed by atoms with E-state index in [0.717, 1.165) is 27.7 Å². The summed E-state index contributed by atoms with van der Waals surface area (Å²) < 4.78 is 13.4. The normalized spacial score (nSPS) is 10.9. The van der Waals surface area contributed by atoms with Gasteiger partial charge in [-0.3, -0.25) is 0 Å². The summed E-state index contributed by atoms with van der Waals surface area (Å²) in [4.78, 5) is 4.68. The maximum Gasteiger partial charge on any atom is 0.123 e. The molecule has 0 spiro atoms. The van der Waals surface area contributed by atoms with E-state index in [-0.39, 0.29) is 5.82 Å². The number of aromatic nitrogens is 1. The molecule has 2 aromatic carbocycles. The summed E-state index contributed by atoms with van der Waals surface area (Å²) in [6.07, 6.45) is 0. The first-order valence-electron chi connectivity index (χ1n) is 6.28. The van der Waals surface area contributed by atoms with Crippen molar-refractivity contribution < 1.29 is 4.39 Å². The summed E-state index contributed by atoms with van der Waals surface area (Å²) in [5.74, 6) is -0.232. The minimum atomic E-state index is -0.232. The number of aryl methyl sites for hydroxylation is 1. The molecule has 0 N–H and O–H groups in total. The summed E-state index contributed by atoms with van der Waals surface area (Å²) in [7, 11) is 0. The Morgan fingerprint density at radius 3 is 2.47 bits per heavy atom. The van der Waals surface area contributed by atoms with Crippen molar-refractivity contribution >= 4 is 10.9 Å². The Morgan fingerprint density at radius 2 is 1.68 bits per heavy atom. The zero-order valence-corrected chi connectivity index (χ0v) is 10.9. The minimum Gasteiger partial charge on any atom is -0.247 e. The van der Waals surface area contributed by atoms with Crippen LogP contribution in [0.2, 0.25) is 0 Å². The predicted molar refractivity (Wildman–Crippen MR) is 76.6 cm³/mol. The van der Waals surface area contributed by atoms with Crippen LogP contribution in [0, 0.1) is 19.7 Å². The first-order valence-corrected chi connectivity index (χ1v) is 6.28. The molecule has 0 aliphatic heterocycles. The molecule has 1 nitrogen and oxygen atoms in total. The van der Waals surface area contributed by atoms with E-state index in [0.29, 0.717) is 0 Å². The van der Waals surface area contributed by atoms with E-state index < -0.39 is 0 Å². The molecule has 3 rings (SSSR count). The fourth-order valence-electron chi connectivity index (χ4n) is 2.39. The summed E-state index contributed by atoms with van der Waals surface area (Å²) in [6.45, 7) is 4.12. The summed E-state index contributed by atoms with van der Waals surface area (Å²) in [5, 5.41) is 1.15. The van der Waals surface area contributed by atoms with Crippen LogP contribution in [-0.4, -0.2) is 4.98 Å². The van der Waals surface area contributed by atoms with E-state index in [1.807, 2.05) is 31.2 Å². The topological polar surface area (TPSA) is 12.9 Å². The van der Waals surface area contributed by atoms with Gasteiger partial charge in [0.25, 0.3) is 0 Å². The first-order chi connectivity index (χ1) is 9.16. The maximum atomic E-state index is 13.4. The van der Waals surface area contributed by atoms with Crippen LogP contribution in [0.25, 0.3) is 22.2 Å². The standard InChI is InChI=1S/C17H14FN/c1-11-12(2)17(13-6-5-7-14(18)10-13)19-16-9-4-3-8-15(11)16/h3-10H,1-2H3. The molecule has 94 valence electrons. The third-order valence-corrected chi connectivity index (χ3v) is 3.56. The van der Waals surface area contributed by atoms with E-state index in [4.69, 9.17) is 0 Å². The molecule has 0 aliphatic carbocycles. The van der Waals surface area contributed by atoms with Crippen molar-refractivity contribution in [2.75, 3.05) is 0 Å². The number of hydrogen-bond acceptors (Lipinski definition) is 1. The second-order valence-electron chi connectivity index (χ2n) is 4.74. The number of hydrogen-bond donors (Lipinski definition) is 0. The van der Waals surface area contributed by atoms with Crippen LogP contribution in [0.1, 0.15) is 11.1 Å². The van der Waals surface area contributed by atoms with Crippen LogP contribution >= 0.6 is 0 Å². The monoisotopic (exact) mass is 251 g/mol. The Morgan fingerprint density at radius 1 is 0.895 bits per heavy atom. The molecule has 0 fully saturated rings. The summed E-state index contributed by atoms with van der Waals surface area (Å²) in [6, 6.07) is 14.6. The van der Waals surface area contributed by atoms with Gasteiger partial charge in [-0.05, 0) is 43.2 Å².